The molecule has 2 aromatic rings. The fourth-order valence-electron chi connectivity index (χ4n) is 3.13. The van der Waals surface area contributed by atoms with E-state index < -0.39 is 6.04 Å². The first kappa shape index (κ1) is 23.3. The number of rotatable bonds is 10. The summed E-state index contributed by atoms with van der Waals surface area (Å²) in [6, 6.07) is 15.1. The highest BCUT2D eigenvalue weighted by Gasteiger charge is 2.28. The van der Waals surface area contributed by atoms with Crippen molar-refractivity contribution < 1.29 is 9.59 Å². The topological polar surface area (TPSA) is 49.4 Å². The zero-order chi connectivity index (χ0) is 21.2. The van der Waals surface area contributed by atoms with Gasteiger partial charge in [-0.2, -0.15) is 0 Å². The van der Waals surface area contributed by atoms with Crippen LogP contribution < -0.4 is 5.32 Å². The van der Waals surface area contributed by atoms with Crippen molar-refractivity contribution in [3.8, 4) is 0 Å². The van der Waals surface area contributed by atoms with E-state index in [1.807, 2.05) is 69.3 Å². The minimum atomic E-state index is -0.483. The molecule has 0 aliphatic carbocycles. The summed E-state index contributed by atoms with van der Waals surface area (Å²) in [6.45, 7) is 6.82. The second-order valence-electron chi connectivity index (χ2n) is 6.85. The van der Waals surface area contributed by atoms with Gasteiger partial charge in [-0.1, -0.05) is 61.0 Å². The Morgan fingerprint density at radius 3 is 2.34 bits per heavy atom. The van der Waals surface area contributed by atoms with Crippen LogP contribution in [-0.2, 0) is 21.9 Å². The van der Waals surface area contributed by atoms with E-state index in [2.05, 4.69) is 5.32 Å². The van der Waals surface area contributed by atoms with Gasteiger partial charge < -0.3 is 10.2 Å². The molecule has 0 heterocycles. The molecule has 0 aliphatic heterocycles. The summed E-state index contributed by atoms with van der Waals surface area (Å²) in [5, 5.41) is 3.57. The van der Waals surface area contributed by atoms with Crippen molar-refractivity contribution in [2.24, 2.45) is 0 Å². The Morgan fingerprint density at radius 2 is 1.72 bits per heavy atom. The number of hydrogen-bond acceptors (Lipinski definition) is 3. The maximum atomic E-state index is 13.1. The second kappa shape index (κ2) is 11.9. The lowest BCUT2D eigenvalue weighted by Crippen LogP contribution is -2.49. The third-order valence-corrected chi connectivity index (χ3v) is 6.11. The molecule has 0 aromatic heterocycles. The summed E-state index contributed by atoms with van der Waals surface area (Å²) in [5.41, 5.74) is 3.17. The van der Waals surface area contributed by atoms with Crippen LogP contribution in [0, 0.1) is 6.92 Å². The molecule has 0 spiro atoms. The molecule has 4 nitrogen and oxygen atoms in total. The lowest BCUT2D eigenvalue weighted by atomic mass is 10.1. The highest BCUT2D eigenvalue weighted by molar-refractivity contribution is 7.99. The van der Waals surface area contributed by atoms with Crippen LogP contribution in [0.4, 0.5) is 0 Å². The van der Waals surface area contributed by atoms with Crippen LogP contribution >= 0.6 is 23.4 Å². The van der Waals surface area contributed by atoms with E-state index in [0.29, 0.717) is 36.0 Å². The fourth-order valence-corrected chi connectivity index (χ4v) is 4.33. The van der Waals surface area contributed by atoms with Gasteiger partial charge in [-0.25, -0.2) is 0 Å². The van der Waals surface area contributed by atoms with Gasteiger partial charge in [0.05, 0.1) is 5.75 Å². The van der Waals surface area contributed by atoms with Crippen molar-refractivity contribution in [1.29, 1.82) is 0 Å². The maximum absolute atomic E-state index is 13.1. The molecular weight excluding hydrogens is 404 g/mol. The molecule has 2 rings (SSSR count). The van der Waals surface area contributed by atoms with Gasteiger partial charge >= 0.3 is 0 Å². The summed E-state index contributed by atoms with van der Waals surface area (Å²) in [7, 11) is 0. The Bertz CT molecular complexity index is 828. The zero-order valence-electron chi connectivity index (χ0n) is 17.3. The molecule has 29 heavy (non-hydrogen) atoms. The van der Waals surface area contributed by atoms with Crippen LogP contribution in [0.1, 0.15) is 37.0 Å². The third-order valence-electron chi connectivity index (χ3n) is 4.78. The summed E-state index contributed by atoms with van der Waals surface area (Å²) in [4.78, 5) is 27.5. The molecule has 0 saturated carbocycles. The van der Waals surface area contributed by atoms with Gasteiger partial charge in [0.25, 0.3) is 0 Å². The van der Waals surface area contributed by atoms with Crippen LogP contribution in [0.5, 0.6) is 0 Å². The normalized spacial score (nSPS) is 11.7. The molecule has 156 valence electrons. The quantitative estimate of drug-likeness (QED) is 0.585. The lowest BCUT2D eigenvalue weighted by molar-refractivity contribution is -0.139. The van der Waals surface area contributed by atoms with E-state index >= 15 is 0 Å². The van der Waals surface area contributed by atoms with E-state index in [9.17, 15) is 9.59 Å². The van der Waals surface area contributed by atoms with Gasteiger partial charge in [0.2, 0.25) is 11.8 Å². The van der Waals surface area contributed by atoms with Crippen LogP contribution in [0.2, 0.25) is 5.02 Å². The number of nitrogens with one attached hydrogen (secondary N) is 1. The van der Waals surface area contributed by atoms with Gasteiger partial charge in [0, 0.05) is 23.9 Å². The van der Waals surface area contributed by atoms with Crippen molar-refractivity contribution in [2.75, 3.05) is 12.3 Å². The largest absolute Gasteiger partial charge is 0.355 e. The van der Waals surface area contributed by atoms with E-state index in [1.54, 1.807) is 4.90 Å². The monoisotopic (exact) mass is 432 g/mol. The minimum Gasteiger partial charge on any atom is -0.355 e. The van der Waals surface area contributed by atoms with Gasteiger partial charge in [0.15, 0.2) is 0 Å². The van der Waals surface area contributed by atoms with Gasteiger partial charge in [-0.15, -0.1) is 11.8 Å². The summed E-state index contributed by atoms with van der Waals surface area (Å²) in [6.07, 6.45) is 0.568. The van der Waals surface area contributed by atoms with Gasteiger partial charge in [0.1, 0.15) is 6.04 Å². The predicted molar refractivity (Wildman–Crippen MR) is 122 cm³/mol. The van der Waals surface area contributed by atoms with Crippen LogP contribution in [-0.4, -0.2) is 35.1 Å². The minimum absolute atomic E-state index is 0.0385. The number of likely N-dealkylation sites (N-methyl/N-ethyl adjacent to an activating group) is 1. The number of carbonyl (C=O) groups excluding carboxylic acids is 2. The molecule has 0 fully saturated rings. The van der Waals surface area contributed by atoms with Crippen molar-refractivity contribution in [3.63, 3.8) is 0 Å². The molecule has 2 amide bonds. The molecule has 1 unspecified atom stereocenters. The summed E-state index contributed by atoms with van der Waals surface area (Å²) < 4.78 is 0. The van der Waals surface area contributed by atoms with E-state index in [0.717, 1.165) is 16.7 Å². The first-order valence-corrected chi connectivity index (χ1v) is 11.4. The van der Waals surface area contributed by atoms with Gasteiger partial charge in [-0.05, 0) is 43.0 Å². The number of nitrogens with zero attached hydrogens (tertiary/aromatic N) is 1. The molecule has 0 bridgehead atoms. The number of carbonyl (C=O) groups is 2. The Kier molecular flexibility index (Phi) is 9.55. The average molecular weight is 433 g/mol. The summed E-state index contributed by atoms with van der Waals surface area (Å²) >= 11 is 7.73. The molecule has 0 saturated heterocycles. The highest BCUT2D eigenvalue weighted by atomic mass is 35.5. The molecular formula is C23H29ClN2O2S. The van der Waals surface area contributed by atoms with Crippen molar-refractivity contribution >= 4 is 35.2 Å². The number of amides is 2. The Morgan fingerprint density at radius 1 is 1.07 bits per heavy atom. The Balaban J connectivity index is 2.14. The highest BCUT2D eigenvalue weighted by Crippen LogP contribution is 2.22. The van der Waals surface area contributed by atoms with Crippen LogP contribution in [0.3, 0.4) is 0 Å². The van der Waals surface area contributed by atoms with Crippen molar-refractivity contribution in [1.82, 2.24) is 10.2 Å². The fraction of sp³-hybridized carbons (Fsp3) is 0.391. The van der Waals surface area contributed by atoms with Gasteiger partial charge in [-0.3, -0.25) is 9.59 Å². The molecule has 6 heteroatoms. The molecule has 1 N–H and O–H groups in total. The SMILES string of the molecule is CCNC(=O)C(CC)N(Cc1ccccc1C)C(=O)CSCc1ccccc1Cl. The number of halogens is 1. The zero-order valence-corrected chi connectivity index (χ0v) is 18.9. The van der Waals surface area contributed by atoms with E-state index in [-0.39, 0.29) is 11.8 Å². The standard InChI is InChI=1S/C23H29ClN2O2S/c1-4-21(23(28)25-5-2)26(14-18-11-7-6-10-17(18)3)22(27)16-29-15-19-12-8-9-13-20(19)24/h6-13,21H,4-5,14-16H2,1-3H3,(H,25,28). The molecule has 2 aromatic carbocycles. The first-order valence-electron chi connectivity index (χ1n) is 9.90. The predicted octanol–water partition coefficient (Wildman–Crippen LogP) is 4.83. The lowest BCUT2D eigenvalue weighted by Gasteiger charge is -2.31. The van der Waals surface area contributed by atoms with E-state index in [1.165, 1.54) is 11.8 Å². The Labute approximate surface area is 183 Å². The Hall–Kier alpha value is -1.98. The van der Waals surface area contributed by atoms with Crippen LogP contribution in [0.25, 0.3) is 0 Å². The number of aryl methyl sites for hydroxylation is 1. The van der Waals surface area contributed by atoms with Crippen LogP contribution in [0.15, 0.2) is 48.5 Å². The number of benzene rings is 2. The molecule has 0 radical (unpaired) electrons. The smallest absolute Gasteiger partial charge is 0.242 e. The average Bonchev–Trinajstić information content (AvgIpc) is 2.70. The number of thioether (sulfide) groups is 1. The maximum Gasteiger partial charge on any atom is 0.242 e. The summed E-state index contributed by atoms with van der Waals surface area (Å²) in [5.74, 6) is 0.811. The second-order valence-corrected chi connectivity index (χ2v) is 8.24. The first-order chi connectivity index (χ1) is 14.0. The third kappa shape index (κ3) is 6.79. The van der Waals surface area contributed by atoms with E-state index in [4.69, 9.17) is 11.6 Å². The van der Waals surface area contributed by atoms with Crippen molar-refractivity contribution in [2.45, 2.75) is 45.5 Å². The van der Waals surface area contributed by atoms with Crippen molar-refractivity contribution in [3.05, 3.63) is 70.2 Å². The number of hydrogen-bond donors (Lipinski definition) is 1. The molecule has 1 atom stereocenters. The molecule has 0 aliphatic rings.